The average molecular weight is 379 g/mol. The molecule has 0 saturated carbocycles. The third-order valence-corrected chi connectivity index (χ3v) is 4.36. The first kappa shape index (κ1) is 20.8. The second-order valence-electron chi connectivity index (χ2n) is 6.17. The lowest BCUT2D eigenvalue weighted by atomic mass is 10.0. The van der Waals surface area contributed by atoms with Gasteiger partial charge in [-0.05, 0) is 42.2 Å². The van der Waals surface area contributed by atoms with Crippen LogP contribution in [-0.4, -0.2) is 5.91 Å². The van der Waals surface area contributed by atoms with Gasteiger partial charge in [0, 0.05) is 17.7 Å². The van der Waals surface area contributed by atoms with E-state index in [0.29, 0.717) is 12.2 Å². The molecule has 0 aliphatic heterocycles. The largest absolute Gasteiger partial charge is 0.489 e. The summed E-state index contributed by atoms with van der Waals surface area (Å²) in [5, 5.41) is 2.54. The summed E-state index contributed by atoms with van der Waals surface area (Å²) < 4.78 is 46.1. The first-order chi connectivity index (χ1) is 12.8. The Bertz CT molecular complexity index is 800. The molecule has 0 aliphatic rings. The molecular weight excluding hydrogens is 355 g/mol. The van der Waals surface area contributed by atoms with E-state index in [4.69, 9.17) is 4.74 Å². The minimum atomic E-state index is -4.54. The monoisotopic (exact) mass is 379 g/mol. The molecule has 0 atom stereocenters. The van der Waals surface area contributed by atoms with Crippen LogP contribution in [0.5, 0.6) is 5.75 Å². The van der Waals surface area contributed by atoms with Crippen molar-refractivity contribution in [2.75, 3.05) is 5.32 Å². The number of benzene rings is 2. The van der Waals surface area contributed by atoms with Gasteiger partial charge in [0.15, 0.2) is 0 Å². The van der Waals surface area contributed by atoms with Crippen LogP contribution in [0.2, 0.25) is 0 Å². The Morgan fingerprint density at radius 3 is 2.41 bits per heavy atom. The number of rotatable bonds is 7. The number of ether oxygens (including phenoxy) is 1. The number of alkyl halides is 3. The molecule has 0 fully saturated rings. The Balaban J connectivity index is 2.37. The molecule has 0 radical (unpaired) electrons. The van der Waals surface area contributed by atoms with Crippen molar-refractivity contribution < 1.29 is 22.7 Å². The average Bonchev–Trinajstić information content (AvgIpc) is 2.65. The van der Waals surface area contributed by atoms with Crippen LogP contribution in [0.3, 0.4) is 0 Å². The highest BCUT2D eigenvalue weighted by atomic mass is 19.4. The minimum Gasteiger partial charge on any atom is -0.489 e. The third-order valence-electron chi connectivity index (χ3n) is 4.36. The number of anilines is 1. The fourth-order valence-electron chi connectivity index (χ4n) is 2.78. The molecule has 1 amide bonds. The highest BCUT2D eigenvalue weighted by Gasteiger charge is 2.34. The van der Waals surface area contributed by atoms with Gasteiger partial charge in [0.2, 0.25) is 5.91 Å². The topological polar surface area (TPSA) is 38.3 Å². The van der Waals surface area contributed by atoms with Crippen molar-refractivity contribution in [3.8, 4) is 5.75 Å². The predicted molar refractivity (Wildman–Crippen MR) is 99.9 cm³/mol. The van der Waals surface area contributed by atoms with E-state index < -0.39 is 11.7 Å². The van der Waals surface area contributed by atoms with Crippen molar-refractivity contribution in [3.05, 3.63) is 58.7 Å². The summed E-state index contributed by atoms with van der Waals surface area (Å²) in [4.78, 5) is 11.7. The minimum absolute atomic E-state index is 0.0755. The van der Waals surface area contributed by atoms with Gasteiger partial charge in [-0.1, -0.05) is 39.0 Å². The summed E-state index contributed by atoms with van der Waals surface area (Å²) in [6.45, 7) is 5.37. The maximum absolute atomic E-state index is 13.4. The molecule has 0 aliphatic carbocycles. The number of hydrogen-bond acceptors (Lipinski definition) is 2. The highest BCUT2D eigenvalue weighted by Crippen LogP contribution is 2.36. The molecule has 0 saturated heterocycles. The zero-order valence-electron chi connectivity index (χ0n) is 15.7. The number of nitrogens with one attached hydrogen (secondary N) is 1. The van der Waals surface area contributed by atoms with Gasteiger partial charge in [-0.15, -0.1) is 0 Å². The molecule has 6 heteroatoms. The van der Waals surface area contributed by atoms with Gasteiger partial charge in [-0.3, -0.25) is 4.79 Å². The van der Waals surface area contributed by atoms with Crippen molar-refractivity contribution in [1.82, 2.24) is 0 Å². The van der Waals surface area contributed by atoms with Crippen LogP contribution in [0.1, 0.15) is 49.4 Å². The normalized spacial score (nSPS) is 11.3. The molecule has 0 heterocycles. The molecule has 146 valence electrons. The summed E-state index contributed by atoms with van der Waals surface area (Å²) in [5.74, 6) is 0.205. The molecule has 0 unspecified atom stereocenters. The van der Waals surface area contributed by atoms with E-state index in [2.05, 4.69) is 5.32 Å². The van der Waals surface area contributed by atoms with Crippen LogP contribution in [0, 0.1) is 0 Å². The quantitative estimate of drug-likeness (QED) is 0.664. The number of carbonyl (C=O) groups excluding carboxylic acids is 1. The first-order valence-corrected chi connectivity index (χ1v) is 9.03. The second kappa shape index (κ2) is 8.93. The van der Waals surface area contributed by atoms with Crippen LogP contribution in [0.15, 0.2) is 36.4 Å². The van der Waals surface area contributed by atoms with Crippen LogP contribution < -0.4 is 10.1 Å². The SMILES string of the molecule is CCC(=O)Nc1cccc(C(F)(F)F)c1COc1ccc(CC)cc1CC. The molecule has 3 nitrogen and oxygen atoms in total. The number of carbonyl (C=O) groups is 1. The Kier molecular flexibility index (Phi) is 6.88. The van der Waals surface area contributed by atoms with Gasteiger partial charge in [-0.2, -0.15) is 13.2 Å². The fourth-order valence-corrected chi connectivity index (χ4v) is 2.78. The van der Waals surface area contributed by atoms with E-state index in [1.165, 1.54) is 12.1 Å². The molecule has 0 bridgehead atoms. The molecule has 2 aromatic rings. The lowest BCUT2D eigenvalue weighted by Crippen LogP contribution is -2.17. The molecule has 27 heavy (non-hydrogen) atoms. The number of aryl methyl sites for hydroxylation is 2. The third kappa shape index (κ3) is 5.25. The van der Waals surface area contributed by atoms with Crippen LogP contribution in [0.25, 0.3) is 0 Å². The molecule has 0 spiro atoms. The number of halogens is 3. The van der Waals surface area contributed by atoms with Crippen LogP contribution >= 0.6 is 0 Å². The zero-order chi connectivity index (χ0) is 20.0. The van der Waals surface area contributed by atoms with Gasteiger partial charge in [0.1, 0.15) is 12.4 Å². The van der Waals surface area contributed by atoms with E-state index in [-0.39, 0.29) is 30.2 Å². The smallest absolute Gasteiger partial charge is 0.416 e. The van der Waals surface area contributed by atoms with Gasteiger partial charge in [0.05, 0.1) is 5.56 Å². The van der Waals surface area contributed by atoms with Crippen molar-refractivity contribution in [3.63, 3.8) is 0 Å². The maximum Gasteiger partial charge on any atom is 0.416 e. The standard InChI is InChI=1S/C21H24F3NO2/c1-4-14-10-11-19(15(5-2)12-14)27-13-16-17(21(22,23)24)8-7-9-18(16)25-20(26)6-3/h7-12H,4-6,13H2,1-3H3,(H,25,26). The predicted octanol–water partition coefficient (Wildman–Crippen LogP) is 5.76. The summed E-state index contributed by atoms with van der Waals surface area (Å²) in [7, 11) is 0. The maximum atomic E-state index is 13.4. The fraction of sp³-hybridized carbons (Fsp3) is 0.381. The Labute approximate surface area is 157 Å². The lowest BCUT2D eigenvalue weighted by Gasteiger charge is -2.19. The van der Waals surface area contributed by atoms with Gasteiger partial charge < -0.3 is 10.1 Å². The molecule has 0 aromatic heterocycles. The molecule has 2 aromatic carbocycles. The molecule has 2 rings (SSSR count). The van der Waals surface area contributed by atoms with Crippen molar-refractivity contribution >= 4 is 11.6 Å². The summed E-state index contributed by atoms with van der Waals surface area (Å²) >= 11 is 0. The number of hydrogen-bond donors (Lipinski definition) is 1. The van der Waals surface area contributed by atoms with Crippen LogP contribution in [0.4, 0.5) is 18.9 Å². The second-order valence-corrected chi connectivity index (χ2v) is 6.17. The van der Waals surface area contributed by atoms with Crippen LogP contribution in [-0.2, 0) is 30.4 Å². The van der Waals surface area contributed by atoms with E-state index in [1.807, 2.05) is 26.0 Å². The summed E-state index contributed by atoms with van der Waals surface area (Å²) in [6.07, 6.45) is -2.78. The lowest BCUT2D eigenvalue weighted by molar-refractivity contribution is -0.138. The molecule has 1 N–H and O–H groups in total. The Hall–Kier alpha value is -2.50. The Morgan fingerprint density at radius 2 is 1.81 bits per heavy atom. The number of amides is 1. The van der Waals surface area contributed by atoms with Gasteiger partial charge >= 0.3 is 6.18 Å². The van der Waals surface area contributed by atoms with E-state index in [0.717, 1.165) is 23.6 Å². The van der Waals surface area contributed by atoms with E-state index >= 15 is 0 Å². The van der Waals surface area contributed by atoms with E-state index in [1.54, 1.807) is 13.0 Å². The molecular formula is C21H24F3NO2. The summed E-state index contributed by atoms with van der Waals surface area (Å²) in [5.41, 5.74) is 1.33. The van der Waals surface area contributed by atoms with Gasteiger partial charge in [0.25, 0.3) is 0 Å². The zero-order valence-corrected chi connectivity index (χ0v) is 15.7. The summed E-state index contributed by atoms with van der Waals surface area (Å²) in [6, 6.07) is 9.45. The van der Waals surface area contributed by atoms with Crippen molar-refractivity contribution in [2.45, 2.75) is 52.8 Å². The first-order valence-electron chi connectivity index (χ1n) is 9.03. The highest BCUT2D eigenvalue weighted by molar-refractivity contribution is 5.91. The Morgan fingerprint density at radius 1 is 1.07 bits per heavy atom. The van der Waals surface area contributed by atoms with Crippen molar-refractivity contribution in [2.24, 2.45) is 0 Å². The van der Waals surface area contributed by atoms with Crippen molar-refractivity contribution in [1.29, 1.82) is 0 Å². The van der Waals surface area contributed by atoms with E-state index in [9.17, 15) is 18.0 Å². The van der Waals surface area contributed by atoms with Gasteiger partial charge in [-0.25, -0.2) is 0 Å².